The van der Waals surface area contributed by atoms with E-state index in [9.17, 15) is 4.79 Å². The molecule has 1 fully saturated rings. The smallest absolute Gasteiger partial charge is 0.220 e. The van der Waals surface area contributed by atoms with Crippen LogP contribution in [0, 0.1) is 5.92 Å². The number of carbonyl (C=O) groups excluding carboxylic acids is 1. The molecule has 0 aliphatic carbocycles. The molecule has 1 amide bonds. The van der Waals surface area contributed by atoms with Gasteiger partial charge in [-0.3, -0.25) is 9.69 Å². The molecule has 1 aliphatic rings. The largest absolute Gasteiger partial charge is 0.497 e. The lowest BCUT2D eigenvalue weighted by Gasteiger charge is -2.32. The van der Waals surface area contributed by atoms with Crippen LogP contribution < -0.4 is 14.8 Å². The summed E-state index contributed by atoms with van der Waals surface area (Å²) in [6, 6.07) is 5.63. The van der Waals surface area contributed by atoms with Gasteiger partial charge in [-0.15, -0.1) is 0 Å². The molecule has 1 atom stereocenters. The number of piperidine rings is 1. The van der Waals surface area contributed by atoms with Gasteiger partial charge in [-0.1, -0.05) is 11.8 Å². The fraction of sp³-hybridized carbons (Fsp3) is 0.522. The van der Waals surface area contributed by atoms with Crippen molar-refractivity contribution in [3.63, 3.8) is 0 Å². The maximum Gasteiger partial charge on any atom is 0.220 e. The zero-order chi connectivity index (χ0) is 22.1. The average molecular weight is 445 g/mol. The van der Waals surface area contributed by atoms with Gasteiger partial charge in [0.2, 0.25) is 5.91 Å². The molecule has 0 bridgehead atoms. The lowest BCUT2D eigenvalue weighted by atomic mass is 9.93. The minimum atomic E-state index is 0.0797. The average Bonchev–Trinajstić information content (AvgIpc) is 2.82. The summed E-state index contributed by atoms with van der Waals surface area (Å²) in [5.74, 6) is 2.08. The van der Waals surface area contributed by atoms with Crippen molar-refractivity contribution in [1.82, 2.24) is 20.2 Å². The number of nitrogens with zero attached hydrogens (tertiary/aromatic N) is 3. The number of ether oxygens (including phenoxy) is 2. The van der Waals surface area contributed by atoms with Gasteiger partial charge in [0, 0.05) is 55.6 Å². The van der Waals surface area contributed by atoms with Crippen molar-refractivity contribution >= 4 is 17.7 Å². The van der Waals surface area contributed by atoms with Crippen LogP contribution in [0.15, 0.2) is 35.7 Å². The molecule has 3 rings (SSSR count). The van der Waals surface area contributed by atoms with E-state index >= 15 is 0 Å². The van der Waals surface area contributed by atoms with Crippen molar-refractivity contribution in [3.8, 4) is 11.5 Å². The van der Waals surface area contributed by atoms with Crippen LogP contribution in [0.3, 0.4) is 0 Å². The molecule has 0 radical (unpaired) electrons. The van der Waals surface area contributed by atoms with Crippen LogP contribution in [0.25, 0.3) is 0 Å². The van der Waals surface area contributed by atoms with E-state index in [4.69, 9.17) is 9.47 Å². The maximum atomic E-state index is 12.4. The van der Waals surface area contributed by atoms with Gasteiger partial charge in [0.15, 0.2) is 5.16 Å². The molecule has 7 nitrogen and oxygen atoms in total. The van der Waals surface area contributed by atoms with Gasteiger partial charge in [0.05, 0.1) is 14.2 Å². The van der Waals surface area contributed by atoms with Crippen molar-refractivity contribution in [2.75, 3.05) is 33.6 Å². The minimum absolute atomic E-state index is 0.0797. The fourth-order valence-corrected chi connectivity index (χ4v) is 4.25. The van der Waals surface area contributed by atoms with Gasteiger partial charge in [-0.25, -0.2) is 9.97 Å². The lowest BCUT2D eigenvalue weighted by Crippen LogP contribution is -2.35. The van der Waals surface area contributed by atoms with Gasteiger partial charge >= 0.3 is 0 Å². The maximum absolute atomic E-state index is 12.4. The number of carbonyl (C=O) groups is 1. The van der Waals surface area contributed by atoms with Crippen molar-refractivity contribution in [3.05, 3.63) is 41.7 Å². The summed E-state index contributed by atoms with van der Waals surface area (Å²) in [5.41, 5.74) is 2.08. The second-order valence-electron chi connectivity index (χ2n) is 7.81. The van der Waals surface area contributed by atoms with Crippen LogP contribution in [0.2, 0.25) is 0 Å². The van der Waals surface area contributed by atoms with Crippen LogP contribution in [0.5, 0.6) is 11.5 Å². The third-order valence-electron chi connectivity index (χ3n) is 5.62. The number of methoxy groups -OCH3 is 2. The number of aromatic nitrogens is 2. The predicted molar refractivity (Wildman–Crippen MR) is 122 cm³/mol. The zero-order valence-corrected chi connectivity index (χ0v) is 19.4. The molecule has 1 aromatic carbocycles. The normalized spacial score (nSPS) is 16.7. The quantitative estimate of drug-likeness (QED) is 0.444. The number of rotatable bonds is 10. The highest BCUT2D eigenvalue weighted by Crippen LogP contribution is 2.25. The molecule has 1 saturated heterocycles. The topological polar surface area (TPSA) is 76.6 Å². The Kier molecular flexibility index (Phi) is 8.97. The molecule has 0 spiro atoms. The number of thioether (sulfide) groups is 1. The Morgan fingerprint density at radius 1 is 1.26 bits per heavy atom. The highest BCUT2D eigenvalue weighted by atomic mass is 32.2. The second-order valence-corrected chi connectivity index (χ2v) is 8.59. The summed E-state index contributed by atoms with van der Waals surface area (Å²) < 4.78 is 10.6. The van der Waals surface area contributed by atoms with E-state index in [1.807, 2.05) is 36.8 Å². The predicted octanol–water partition coefficient (Wildman–Crippen LogP) is 3.52. The Morgan fingerprint density at radius 3 is 2.77 bits per heavy atom. The summed E-state index contributed by atoms with van der Waals surface area (Å²) in [6.07, 6.45) is 9.62. The molecule has 8 heteroatoms. The second kappa shape index (κ2) is 11.9. The number of likely N-dealkylation sites (tertiary alicyclic amines) is 1. The van der Waals surface area contributed by atoms with E-state index in [1.165, 1.54) is 12.8 Å². The zero-order valence-electron chi connectivity index (χ0n) is 18.6. The van der Waals surface area contributed by atoms with Gasteiger partial charge in [-0.05, 0) is 50.1 Å². The van der Waals surface area contributed by atoms with Crippen molar-refractivity contribution < 1.29 is 14.3 Å². The monoisotopic (exact) mass is 444 g/mol. The molecule has 0 unspecified atom stereocenters. The van der Waals surface area contributed by atoms with Crippen LogP contribution in [0.4, 0.5) is 0 Å². The van der Waals surface area contributed by atoms with E-state index < -0.39 is 0 Å². The molecular weight excluding hydrogens is 412 g/mol. The number of amides is 1. The SMILES string of the molecule is COc1ccc(CNC(=O)CC[C@@H]2CCCN(Cc3cnc(SC)nc3)C2)c(OC)c1. The van der Waals surface area contributed by atoms with Gasteiger partial charge in [-0.2, -0.15) is 0 Å². The highest BCUT2D eigenvalue weighted by molar-refractivity contribution is 7.98. The first kappa shape index (κ1) is 23.3. The van der Waals surface area contributed by atoms with Crippen molar-refractivity contribution in [2.24, 2.45) is 5.92 Å². The Bertz CT molecular complexity index is 847. The Hall–Kier alpha value is -2.32. The van der Waals surface area contributed by atoms with Gasteiger partial charge < -0.3 is 14.8 Å². The molecular formula is C23H32N4O3S. The summed E-state index contributed by atoms with van der Waals surface area (Å²) in [7, 11) is 3.25. The van der Waals surface area contributed by atoms with E-state index in [0.717, 1.165) is 53.8 Å². The van der Waals surface area contributed by atoms with E-state index in [1.54, 1.807) is 26.0 Å². The molecule has 1 N–H and O–H groups in total. The third kappa shape index (κ3) is 7.11. The highest BCUT2D eigenvalue weighted by Gasteiger charge is 2.21. The number of nitrogens with one attached hydrogen (secondary N) is 1. The third-order valence-corrected chi connectivity index (χ3v) is 6.20. The molecule has 0 saturated carbocycles. The van der Waals surface area contributed by atoms with Crippen molar-refractivity contribution in [2.45, 2.75) is 43.9 Å². The Balaban J connectivity index is 1.42. The van der Waals surface area contributed by atoms with E-state index in [-0.39, 0.29) is 5.91 Å². The molecule has 2 aromatic rings. The molecule has 1 aromatic heterocycles. The summed E-state index contributed by atoms with van der Waals surface area (Å²) in [4.78, 5) is 23.6. The minimum Gasteiger partial charge on any atom is -0.497 e. The molecule has 2 heterocycles. The lowest BCUT2D eigenvalue weighted by molar-refractivity contribution is -0.121. The number of benzene rings is 1. The summed E-state index contributed by atoms with van der Waals surface area (Å²) in [5, 5.41) is 3.82. The van der Waals surface area contributed by atoms with Crippen LogP contribution in [-0.4, -0.2) is 54.3 Å². The van der Waals surface area contributed by atoms with Gasteiger partial charge in [0.25, 0.3) is 0 Å². The van der Waals surface area contributed by atoms with Gasteiger partial charge in [0.1, 0.15) is 11.5 Å². The standard InChI is InChI=1S/C23H32N4O3S/c1-29-20-8-7-19(21(11-20)30-2)14-24-22(28)9-6-17-5-4-10-27(15-17)16-18-12-25-23(31-3)26-13-18/h7-8,11-13,17H,4-6,9-10,14-16H2,1-3H3,(H,24,28)/t17-/m0/s1. The number of hydrogen-bond acceptors (Lipinski definition) is 7. The first-order valence-electron chi connectivity index (χ1n) is 10.7. The van der Waals surface area contributed by atoms with Crippen LogP contribution in [-0.2, 0) is 17.9 Å². The van der Waals surface area contributed by atoms with E-state index in [2.05, 4.69) is 20.2 Å². The summed E-state index contributed by atoms with van der Waals surface area (Å²) in [6.45, 7) is 3.43. The fourth-order valence-electron chi connectivity index (χ4n) is 3.93. The van der Waals surface area contributed by atoms with Crippen LogP contribution >= 0.6 is 11.8 Å². The molecule has 168 valence electrons. The first-order valence-corrected chi connectivity index (χ1v) is 11.9. The van der Waals surface area contributed by atoms with Crippen molar-refractivity contribution in [1.29, 1.82) is 0 Å². The molecule has 31 heavy (non-hydrogen) atoms. The first-order chi connectivity index (χ1) is 15.1. The van der Waals surface area contributed by atoms with E-state index in [0.29, 0.717) is 18.9 Å². The molecule has 1 aliphatic heterocycles. The van der Waals surface area contributed by atoms with Crippen LogP contribution in [0.1, 0.15) is 36.8 Å². The Morgan fingerprint density at radius 2 is 2.06 bits per heavy atom. The Labute approximate surface area is 188 Å². The number of hydrogen-bond donors (Lipinski definition) is 1. The summed E-state index contributed by atoms with van der Waals surface area (Å²) >= 11 is 1.55.